The highest BCUT2D eigenvalue weighted by molar-refractivity contribution is 7.98. The van der Waals surface area contributed by atoms with Gasteiger partial charge in [0, 0.05) is 12.3 Å². The van der Waals surface area contributed by atoms with Crippen LogP contribution in [0.25, 0.3) is 11.2 Å². The topological polar surface area (TPSA) is 126 Å². The third-order valence-electron chi connectivity index (χ3n) is 5.75. The van der Waals surface area contributed by atoms with E-state index in [2.05, 4.69) is 34.3 Å². The Hall–Kier alpha value is -2.24. The van der Waals surface area contributed by atoms with Gasteiger partial charge >= 0.3 is 0 Å². The Kier molecular flexibility index (Phi) is 8.15. The number of anilines is 1. The molecule has 1 fully saturated rings. The van der Waals surface area contributed by atoms with E-state index in [1.54, 1.807) is 16.3 Å². The molecule has 0 aliphatic carbocycles. The number of benzene rings is 1. The minimum Gasteiger partial charge on any atom is -0.394 e. The summed E-state index contributed by atoms with van der Waals surface area (Å²) in [5.74, 6) is 1.23. The minimum atomic E-state index is -1.23. The number of nitrogens with one attached hydrogen (secondary N) is 1. The summed E-state index contributed by atoms with van der Waals surface area (Å²) in [4.78, 5) is 13.6. The molecule has 33 heavy (non-hydrogen) atoms. The van der Waals surface area contributed by atoms with Crippen molar-refractivity contribution in [3.8, 4) is 0 Å². The van der Waals surface area contributed by atoms with Gasteiger partial charge in [-0.1, -0.05) is 68.3 Å². The molecule has 1 aromatic carbocycles. The van der Waals surface area contributed by atoms with Crippen molar-refractivity contribution >= 4 is 28.9 Å². The number of unbranched alkanes of at least 4 members (excludes halogenated alkanes) is 3. The first-order chi connectivity index (χ1) is 16.1. The third-order valence-corrected chi connectivity index (χ3v) is 6.80. The van der Waals surface area contributed by atoms with E-state index in [1.807, 2.05) is 18.2 Å². The van der Waals surface area contributed by atoms with Crippen LogP contribution in [0.3, 0.4) is 0 Å². The van der Waals surface area contributed by atoms with Gasteiger partial charge in [0.1, 0.15) is 35.2 Å². The number of imidazole rings is 1. The fourth-order valence-electron chi connectivity index (χ4n) is 3.93. The van der Waals surface area contributed by atoms with Gasteiger partial charge in [0.2, 0.25) is 5.95 Å². The zero-order valence-electron chi connectivity index (χ0n) is 18.7. The van der Waals surface area contributed by atoms with Gasteiger partial charge in [0.15, 0.2) is 11.9 Å². The number of thioether (sulfide) groups is 1. The number of ether oxygens (including phenoxy) is 1. The van der Waals surface area contributed by atoms with Crippen LogP contribution in [0.2, 0.25) is 0 Å². The molecule has 0 bridgehead atoms. The smallest absolute Gasteiger partial charge is 0.207 e. The van der Waals surface area contributed by atoms with E-state index < -0.39 is 31.1 Å². The zero-order chi connectivity index (χ0) is 23.2. The van der Waals surface area contributed by atoms with Gasteiger partial charge in [-0.25, -0.2) is 15.0 Å². The minimum absolute atomic E-state index is 0.395. The van der Waals surface area contributed by atoms with Crippen molar-refractivity contribution in [3.63, 3.8) is 0 Å². The average Bonchev–Trinajstić information content (AvgIpc) is 3.35. The van der Waals surface area contributed by atoms with Crippen LogP contribution in [0.4, 0.5) is 5.95 Å². The van der Waals surface area contributed by atoms with Gasteiger partial charge in [0.25, 0.3) is 0 Å². The molecule has 4 rings (SSSR count). The fourth-order valence-corrected chi connectivity index (χ4v) is 4.82. The van der Waals surface area contributed by atoms with Gasteiger partial charge in [-0.15, -0.1) is 0 Å². The first-order valence-corrected chi connectivity index (χ1v) is 12.4. The number of rotatable bonds is 11. The lowest BCUT2D eigenvalue weighted by molar-refractivity contribution is -0.0501. The zero-order valence-corrected chi connectivity index (χ0v) is 19.5. The number of fused-ring (bicyclic) bond motifs is 1. The molecule has 3 heterocycles. The SMILES string of the molecule is CCCCCCNc1nc2c(SCc3ccccc3)ncnc2n1C1O[C@H](CO)[C@@H](O)[C@H]1O. The number of hydrogen-bond donors (Lipinski definition) is 4. The molecule has 1 unspecified atom stereocenters. The molecule has 3 aromatic rings. The maximum atomic E-state index is 10.7. The van der Waals surface area contributed by atoms with Gasteiger partial charge in [-0.05, 0) is 12.0 Å². The van der Waals surface area contributed by atoms with Crippen molar-refractivity contribution < 1.29 is 20.1 Å². The summed E-state index contributed by atoms with van der Waals surface area (Å²) in [7, 11) is 0. The van der Waals surface area contributed by atoms with E-state index >= 15 is 0 Å². The summed E-state index contributed by atoms with van der Waals surface area (Å²) in [6.45, 7) is 2.48. The van der Waals surface area contributed by atoms with Gasteiger partial charge in [0.05, 0.1) is 6.61 Å². The van der Waals surface area contributed by atoms with Crippen LogP contribution in [-0.4, -0.2) is 66.3 Å². The maximum Gasteiger partial charge on any atom is 0.207 e. The Morgan fingerprint density at radius 3 is 2.64 bits per heavy atom. The van der Waals surface area contributed by atoms with Crippen LogP contribution in [0, 0.1) is 0 Å². The second-order valence-corrected chi connectivity index (χ2v) is 9.11. The summed E-state index contributed by atoms with van der Waals surface area (Å²) >= 11 is 1.56. The highest BCUT2D eigenvalue weighted by Gasteiger charge is 2.45. The molecule has 178 valence electrons. The van der Waals surface area contributed by atoms with Crippen molar-refractivity contribution in [1.29, 1.82) is 0 Å². The first-order valence-electron chi connectivity index (χ1n) is 11.4. The Morgan fingerprint density at radius 2 is 1.91 bits per heavy atom. The van der Waals surface area contributed by atoms with Crippen molar-refractivity contribution in [2.75, 3.05) is 18.5 Å². The lowest BCUT2D eigenvalue weighted by Gasteiger charge is -2.19. The molecule has 0 radical (unpaired) electrons. The normalized spacial score (nSPS) is 22.8. The van der Waals surface area contributed by atoms with Crippen molar-refractivity contribution in [2.24, 2.45) is 0 Å². The summed E-state index contributed by atoms with van der Waals surface area (Å²) in [6, 6.07) is 10.1. The molecular formula is C23H31N5O4S. The molecule has 4 atom stereocenters. The Bertz CT molecular complexity index is 1030. The molecule has 1 saturated heterocycles. The number of aliphatic hydroxyl groups is 3. The van der Waals surface area contributed by atoms with E-state index in [4.69, 9.17) is 9.72 Å². The second kappa shape index (κ2) is 11.3. The van der Waals surface area contributed by atoms with E-state index in [0.717, 1.165) is 30.0 Å². The lowest BCUT2D eigenvalue weighted by Crippen LogP contribution is -2.33. The van der Waals surface area contributed by atoms with Gasteiger partial charge < -0.3 is 25.4 Å². The Balaban J connectivity index is 1.65. The van der Waals surface area contributed by atoms with E-state index in [1.165, 1.54) is 18.3 Å². The van der Waals surface area contributed by atoms with Crippen molar-refractivity contribution in [1.82, 2.24) is 19.5 Å². The van der Waals surface area contributed by atoms with Crippen LogP contribution < -0.4 is 5.32 Å². The predicted octanol–water partition coefficient (Wildman–Crippen LogP) is 2.72. The van der Waals surface area contributed by atoms with Crippen LogP contribution >= 0.6 is 11.8 Å². The van der Waals surface area contributed by atoms with E-state index in [9.17, 15) is 15.3 Å². The van der Waals surface area contributed by atoms with Crippen LogP contribution in [0.5, 0.6) is 0 Å². The molecule has 0 saturated carbocycles. The van der Waals surface area contributed by atoms with Crippen LogP contribution in [-0.2, 0) is 10.5 Å². The fraction of sp³-hybridized carbons (Fsp3) is 0.522. The standard InChI is InChI=1S/C23H31N5O4S/c1-2-3-4-8-11-24-23-27-17-20(28(23)22-19(31)18(30)16(12-29)32-22)25-14-26-21(17)33-13-15-9-6-5-7-10-15/h5-7,9-10,14,16,18-19,22,29-31H,2-4,8,11-13H2,1H3,(H,24,27)/t16-,18-,19-,22?/m1/s1. The van der Waals surface area contributed by atoms with Crippen molar-refractivity contribution in [2.45, 2.75) is 67.9 Å². The molecule has 4 N–H and O–H groups in total. The molecule has 0 spiro atoms. The summed E-state index contributed by atoms with van der Waals surface area (Å²) in [5, 5.41) is 34.6. The Labute approximate surface area is 197 Å². The number of aromatic nitrogens is 4. The number of hydrogen-bond acceptors (Lipinski definition) is 9. The molecule has 1 aliphatic rings. The molecule has 10 heteroatoms. The maximum absolute atomic E-state index is 10.7. The quantitative estimate of drug-likeness (QED) is 0.189. The summed E-state index contributed by atoms with van der Waals surface area (Å²) in [6.07, 6.45) is 1.64. The Morgan fingerprint density at radius 1 is 1.09 bits per heavy atom. The van der Waals surface area contributed by atoms with Crippen LogP contribution in [0.1, 0.15) is 44.4 Å². The van der Waals surface area contributed by atoms with Gasteiger partial charge in [-0.3, -0.25) is 4.57 Å². The second-order valence-electron chi connectivity index (χ2n) is 8.15. The monoisotopic (exact) mass is 473 g/mol. The molecule has 9 nitrogen and oxygen atoms in total. The molecular weight excluding hydrogens is 442 g/mol. The third kappa shape index (κ3) is 5.30. The molecule has 2 aromatic heterocycles. The highest BCUT2D eigenvalue weighted by atomic mass is 32.2. The lowest BCUT2D eigenvalue weighted by atomic mass is 10.1. The van der Waals surface area contributed by atoms with E-state index in [-0.39, 0.29) is 0 Å². The number of nitrogens with zero attached hydrogens (tertiary/aromatic N) is 4. The summed E-state index contributed by atoms with van der Waals surface area (Å²) in [5.41, 5.74) is 2.28. The van der Waals surface area contributed by atoms with E-state index in [0.29, 0.717) is 23.7 Å². The van der Waals surface area contributed by atoms with Gasteiger partial charge in [-0.2, -0.15) is 0 Å². The largest absolute Gasteiger partial charge is 0.394 e. The highest BCUT2D eigenvalue weighted by Crippen LogP contribution is 2.36. The first kappa shape index (κ1) is 23.9. The average molecular weight is 474 g/mol. The van der Waals surface area contributed by atoms with Crippen molar-refractivity contribution in [3.05, 3.63) is 42.2 Å². The number of aliphatic hydroxyl groups excluding tert-OH is 3. The molecule has 0 amide bonds. The van der Waals surface area contributed by atoms with Crippen LogP contribution in [0.15, 0.2) is 41.7 Å². The predicted molar refractivity (Wildman–Crippen MR) is 127 cm³/mol. The molecule has 1 aliphatic heterocycles. The summed E-state index contributed by atoms with van der Waals surface area (Å²) < 4.78 is 7.48.